The third kappa shape index (κ3) is 2.89. The summed E-state index contributed by atoms with van der Waals surface area (Å²) in [5.41, 5.74) is 2.39. The molecule has 0 radical (unpaired) electrons. The predicted molar refractivity (Wildman–Crippen MR) is 72.2 cm³/mol. The zero-order valence-corrected chi connectivity index (χ0v) is 11.3. The summed E-state index contributed by atoms with van der Waals surface area (Å²) in [6.07, 6.45) is 0.0253. The van der Waals surface area contributed by atoms with Crippen LogP contribution >= 0.6 is 0 Å². The molecule has 1 amide bonds. The van der Waals surface area contributed by atoms with Crippen molar-refractivity contribution < 1.29 is 4.79 Å². The second-order valence-electron chi connectivity index (χ2n) is 5.09. The number of likely N-dealkylation sites (N-methyl/N-ethyl adjacent to an activating group) is 1. The van der Waals surface area contributed by atoms with E-state index in [0.717, 1.165) is 13.1 Å². The van der Waals surface area contributed by atoms with Gasteiger partial charge in [-0.15, -0.1) is 0 Å². The Kier molecular flexibility index (Phi) is 3.99. The Hall–Kier alpha value is -1.39. The van der Waals surface area contributed by atoms with Crippen molar-refractivity contribution >= 4 is 5.91 Å². The zero-order chi connectivity index (χ0) is 13.1. The molecule has 4 nitrogen and oxygen atoms in total. The van der Waals surface area contributed by atoms with Crippen LogP contribution in [0.4, 0.5) is 0 Å². The average molecular weight is 247 g/mol. The van der Waals surface area contributed by atoms with Crippen LogP contribution in [0.15, 0.2) is 24.3 Å². The Morgan fingerprint density at radius 2 is 2.22 bits per heavy atom. The molecule has 18 heavy (non-hydrogen) atoms. The first-order chi connectivity index (χ1) is 8.58. The quantitative estimate of drug-likeness (QED) is 0.862. The summed E-state index contributed by atoms with van der Waals surface area (Å²) >= 11 is 0. The SMILES string of the molecule is Cc1cccc(C2NCC(=O)N2CCN(C)C)c1. The van der Waals surface area contributed by atoms with E-state index in [-0.39, 0.29) is 12.1 Å². The lowest BCUT2D eigenvalue weighted by molar-refractivity contribution is -0.128. The van der Waals surface area contributed by atoms with E-state index in [1.807, 2.05) is 25.1 Å². The highest BCUT2D eigenvalue weighted by Crippen LogP contribution is 2.22. The molecule has 1 aromatic rings. The maximum atomic E-state index is 11.9. The number of nitrogens with one attached hydrogen (secondary N) is 1. The number of hydrogen-bond donors (Lipinski definition) is 1. The van der Waals surface area contributed by atoms with Crippen molar-refractivity contribution in [2.24, 2.45) is 0 Å². The van der Waals surface area contributed by atoms with Gasteiger partial charge in [0.25, 0.3) is 0 Å². The molecule has 4 heteroatoms. The maximum absolute atomic E-state index is 11.9. The molecule has 0 aromatic heterocycles. The zero-order valence-electron chi connectivity index (χ0n) is 11.3. The molecule has 1 aliphatic heterocycles. The second-order valence-corrected chi connectivity index (χ2v) is 5.09. The Morgan fingerprint density at radius 1 is 1.44 bits per heavy atom. The first-order valence-electron chi connectivity index (χ1n) is 6.32. The van der Waals surface area contributed by atoms with Crippen LogP contribution in [0, 0.1) is 6.92 Å². The summed E-state index contributed by atoms with van der Waals surface area (Å²) in [5, 5.41) is 3.28. The lowest BCUT2D eigenvalue weighted by Crippen LogP contribution is -2.36. The van der Waals surface area contributed by atoms with E-state index in [4.69, 9.17) is 0 Å². The summed E-state index contributed by atoms with van der Waals surface area (Å²) in [4.78, 5) is 15.9. The number of aryl methyl sites for hydroxylation is 1. The van der Waals surface area contributed by atoms with Gasteiger partial charge in [-0.3, -0.25) is 10.1 Å². The van der Waals surface area contributed by atoms with Crippen LogP contribution in [-0.2, 0) is 4.79 Å². The Labute approximate surface area is 109 Å². The van der Waals surface area contributed by atoms with E-state index in [1.165, 1.54) is 11.1 Å². The molecule has 98 valence electrons. The van der Waals surface area contributed by atoms with E-state index in [2.05, 4.69) is 35.3 Å². The van der Waals surface area contributed by atoms with Gasteiger partial charge in [-0.25, -0.2) is 0 Å². The van der Waals surface area contributed by atoms with Crippen LogP contribution in [0.25, 0.3) is 0 Å². The molecule has 0 saturated carbocycles. The predicted octanol–water partition coefficient (Wildman–Crippen LogP) is 0.987. The lowest BCUT2D eigenvalue weighted by atomic mass is 10.1. The average Bonchev–Trinajstić information content (AvgIpc) is 2.68. The summed E-state index contributed by atoms with van der Waals surface area (Å²) in [6, 6.07) is 8.33. The fourth-order valence-corrected chi connectivity index (χ4v) is 2.24. The minimum atomic E-state index is 0.0253. The van der Waals surface area contributed by atoms with Crippen molar-refractivity contribution in [1.29, 1.82) is 0 Å². The van der Waals surface area contributed by atoms with Gasteiger partial charge in [0, 0.05) is 13.1 Å². The largest absolute Gasteiger partial charge is 0.321 e. The molecule has 1 unspecified atom stereocenters. The van der Waals surface area contributed by atoms with Crippen LogP contribution in [0.2, 0.25) is 0 Å². The first kappa shape index (κ1) is 13.1. The van der Waals surface area contributed by atoms with Crippen LogP contribution in [0.3, 0.4) is 0 Å². The summed E-state index contributed by atoms with van der Waals surface area (Å²) in [7, 11) is 4.05. The van der Waals surface area contributed by atoms with E-state index in [9.17, 15) is 4.79 Å². The minimum absolute atomic E-state index is 0.0253. The van der Waals surface area contributed by atoms with E-state index >= 15 is 0 Å². The molecule has 2 rings (SSSR count). The van der Waals surface area contributed by atoms with Crippen molar-refractivity contribution in [2.45, 2.75) is 13.1 Å². The van der Waals surface area contributed by atoms with Gasteiger partial charge in [0.15, 0.2) is 0 Å². The van der Waals surface area contributed by atoms with Crippen LogP contribution in [0.1, 0.15) is 17.3 Å². The normalized spacial score (nSPS) is 19.9. The fraction of sp³-hybridized carbons (Fsp3) is 0.500. The van der Waals surface area contributed by atoms with Crippen molar-refractivity contribution in [3.8, 4) is 0 Å². The molecule has 0 bridgehead atoms. The van der Waals surface area contributed by atoms with Crippen molar-refractivity contribution in [3.05, 3.63) is 35.4 Å². The molecule has 1 atom stereocenters. The lowest BCUT2D eigenvalue weighted by Gasteiger charge is -2.26. The Bertz CT molecular complexity index is 431. The number of rotatable bonds is 4. The summed E-state index contributed by atoms with van der Waals surface area (Å²) in [5.74, 6) is 0.184. The van der Waals surface area contributed by atoms with Crippen LogP contribution in [0.5, 0.6) is 0 Å². The molecule has 1 N–H and O–H groups in total. The van der Waals surface area contributed by atoms with Gasteiger partial charge >= 0.3 is 0 Å². The van der Waals surface area contributed by atoms with Gasteiger partial charge in [0.2, 0.25) is 5.91 Å². The topological polar surface area (TPSA) is 35.6 Å². The van der Waals surface area contributed by atoms with E-state index in [1.54, 1.807) is 0 Å². The van der Waals surface area contributed by atoms with Gasteiger partial charge in [0.1, 0.15) is 6.17 Å². The molecule has 0 spiro atoms. The third-order valence-corrected chi connectivity index (χ3v) is 3.22. The van der Waals surface area contributed by atoms with Gasteiger partial charge in [-0.2, -0.15) is 0 Å². The van der Waals surface area contributed by atoms with Gasteiger partial charge in [0.05, 0.1) is 6.54 Å². The second kappa shape index (κ2) is 5.50. The maximum Gasteiger partial charge on any atom is 0.238 e. The van der Waals surface area contributed by atoms with E-state index < -0.39 is 0 Å². The molecule has 0 aliphatic carbocycles. The molecule has 1 aliphatic rings. The van der Waals surface area contributed by atoms with Crippen LogP contribution in [-0.4, -0.2) is 49.4 Å². The monoisotopic (exact) mass is 247 g/mol. The van der Waals surface area contributed by atoms with Gasteiger partial charge in [-0.05, 0) is 26.6 Å². The fourth-order valence-electron chi connectivity index (χ4n) is 2.24. The van der Waals surface area contributed by atoms with Gasteiger partial charge < -0.3 is 9.80 Å². The standard InChI is InChI=1S/C14H21N3O/c1-11-5-4-6-12(9-11)14-15-10-13(18)17(14)8-7-16(2)3/h4-6,9,14-15H,7-8,10H2,1-3H3. The minimum Gasteiger partial charge on any atom is -0.321 e. The van der Waals surface area contributed by atoms with Crippen molar-refractivity contribution in [2.75, 3.05) is 33.7 Å². The first-order valence-corrected chi connectivity index (χ1v) is 6.32. The highest BCUT2D eigenvalue weighted by atomic mass is 16.2. The van der Waals surface area contributed by atoms with Gasteiger partial charge in [-0.1, -0.05) is 29.8 Å². The molecule has 1 heterocycles. The molecular formula is C14H21N3O. The number of hydrogen-bond acceptors (Lipinski definition) is 3. The van der Waals surface area contributed by atoms with Crippen molar-refractivity contribution in [1.82, 2.24) is 15.1 Å². The molecule has 1 fully saturated rings. The highest BCUT2D eigenvalue weighted by Gasteiger charge is 2.31. The summed E-state index contributed by atoms with van der Waals surface area (Å²) < 4.78 is 0. The molecular weight excluding hydrogens is 226 g/mol. The third-order valence-electron chi connectivity index (χ3n) is 3.22. The Morgan fingerprint density at radius 3 is 2.89 bits per heavy atom. The summed E-state index contributed by atoms with van der Waals surface area (Å²) in [6.45, 7) is 4.16. The number of nitrogens with zero attached hydrogens (tertiary/aromatic N) is 2. The Balaban J connectivity index is 2.13. The molecule has 1 aromatic carbocycles. The number of carbonyl (C=O) groups excluding carboxylic acids is 1. The smallest absolute Gasteiger partial charge is 0.238 e. The van der Waals surface area contributed by atoms with E-state index in [0.29, 0.717) is 6.54 Å². The van der Waals surface area contributed by atoms with Crippen molar-refractivity contribution in [3.63, 3.8) is 0 Å². The number of carbonyl (C=O) groups is 1. The van der Waals surface area contributed by atoms with Crippen LogP contribution < -0.4 is 5.32 Å². The molecule has 1 saturated heterocycles. The highest BCUT2D eigenvalue weighted by molar-refractivity contribution is 5.81. The number of amides is 1. The number of benzene rings is 1.